The van der Waals surface area contributed by atoms with Gasteiger partial charge < -0.3 is 15.4 Å². The van der Waals surface area contributed by atoms with E-state index in [9.17, 15) is 4.79 Å². The molecule has 0 aliphatic rings. The minimum atomic E-state index is -0.208. The van der Waals surface area contributed by atoms with Crippen molar-refractivity contribution in [1.82, 2.24) is 9.97 Å². The van der Waals surface area contributed by atoms with Crippen LogP contribution in [0.4, 0.5) is 17.2 Å². The van der Waals surface area contributed by atoms with Crippen molar-refractivity contribution in [2.45, 2.75) is 6.92 Å². The van der Waals surface area contributed by atoms with Crippen LogP contribution in [0.3, 0.4) is 0 Å². The predicted molar refractivity (Wildman–Crippen MR) is 123 cm³/mol. The van der Waals surface area contributed by atoms with Crippen LogP contribution in [0, 0.1) is 6.92 Å². The molecule has 0 saturated heterocycles. The number of nitrogens with one attached hydrogen (secondary N) is 2. The molecule has 0 spiro atoms. The van der Waals surface area contributed by atoms with Crippen LogP contribution in [-0.4, -0.2) is 23.0 Å². The minimum absolute atomic E-state index is 0.208. The van der Waals surface area contributed by atoms with Gasteiger partial charge in [0.05, 0.1) is 12.8 Å². The van der Waals surface area contributed by atoms with Crippen LogP contribution in [0.5, 0.6) is 5.75 Å². The number of aromatic nitrogens is 2. The number of carbonyl (C=O) groups excluding carboxylic acids is 1. The third-order valence-corrected chi connectivity index (χ3v) is 4.63. The molecule has 2 N–H and O–H groups in total. The molecule has 1 heterocycles. The maximum absolute atomic E-state index is 12.7. The highest BCUT2D eigenvalue weighted by atomic mass is 16.5. The Kier molecular flexibility index (Phi) is 5.89. The van der Waals surface area contributed by atoms with Gasteiger partial charge in [0.1, 0.15) is 17.4 Å². The molecule has 6 nitrogen and oxygen atoms in total. The summed E-state index contributed by atoms with van der Waals surface area (Å²) in [6.07, 6.45) is 0. The van der Waals surface area contributed by atoms with Crippen LogP contribution < -0.4 is 15.4 Å². The molecule has 31 heavy (non-hydrogen) atoms. The zero-order valence-corrected chi connectivity index (χ0v) is 17.3. The highest BCUT2D eigenvalue weighted by Gasteiger charge is 2.09. The van der Waals surface area contributed by atoms with Gasteiger partial charge in [0.25, 0.3) is 5.91 Å². The van der Waals surface area contributed by atoms with Gasteiger partial charge in [-0.05, 0) is 37.3 Å². The third-order valence-electron chi connectivity index (χ3n) is 4.63. The van der Waals surface area contributed by atoms with Gasteiger partial charge >= 0.3 is 0 Å². The molecule has 4 aromatic rings. The van der Waals surface area contributed by atoms with Crippen molar-refractivity contribution in [2.75, 3.05) is 17.7 Å². The molecule has 0 bridgehead atoms. The lowest BCUT2D eigenvalue weighted by molar-refractivity contribution is 0.102. The van der Waals surface area contributed by atoms with Gasteiger partial charge in [0.2, 0.25) is 0 Å². The summed E-state index contributed by atoms with van der Waals surface area (Å²) >= 11 is 0. The molecule has 0 fully saturated rings. The van der Waals surface area contributed by atoms with Crippen molar-refractivity contribution < 1.29 is 9.53 Å². The van der Waals surface area contributed by atoms with E-state index >= 15 is 0 Å². The Morgan fingerprint density at radius 3 is 2.42 bits per heavy atom. The molecule has 4 rings (SSSR count). The Balaban J connectivity index is 1.53. The zero-order chi connectivity index (χ0) is 21.6. The number of hydrogen-bond acceptors (Lipinski definition) is 5. The molecule has 0 unspecified atom stereocenters. The highest BCUT2D eigenvalue weighted by molar-refractivity contribution is 6.05. The molecular weight excluding hydrogens is 388 g/mol. The van der Waals surface area contributed by atoms with Crippen molar-refractivity contribution >= 4 is 23.1 Å². The number of ether oxygens (including phenoxy) is 1. The van der Waals surface area contributed by atoms with E-state index in [1.165, 1.54) is 0 Å². The molecule has 0 atom stereocenters. The molecular formula is C25H22N4O2. The first-order chi connectivity index (χ1) is 15.1. The number of methoxy groups -OCH3 is 1. The van der Waals surface area contributed by atoms with Crippen LogP contribution in [-0.2, 0) is 0 Å². The molecule has 1 aromatic heterocycles. The van der Waals surface area contributed by atoms with E-state index in [1.807, 2.05) is 73.7 Å². The second kappa shape index (κ2) is 9.09. The Bertz CT molecular complexity index is 1210. The van der Waals surface area contributed by atoms with Crippen molar-refractivity contribution in [3.63, 3.8) is 0 Å². The second-order valence-electron chi connectivity index (χ2n) is 6.94. The third kappa shape index (κ3) is 5.05. The van der Waals surface area contributed by atoms with E-state index in [1.54, 1.807) is 25.3 Å². The molecule has 0 saturated carbocycles. The lowest BCUT2D eigenvalue weighted by Crippen LogP contribution is -2.12. The molecule has 0 aliphatic carbocycles. The SMILES string of the molecule is COc1cccc(NC(=O)c2cccc(Nc3cc(-c4ccccc4)nc(C)n3)c2)c1. The number of anilines is 3. The van der Waals surface area contributed by atoms with Gasteiger partial charge in [-0.3, -0.25) is 4.79 Å². The smallest absolute Gasteiger partial charge is 0.255 e. The Morgan fingerprint density at radius 2 is 1.61 bits per heavy atom. The van der Waals surface area contributed by atoms with E-state index in [0.717, 1.165) is 16.9 Å². The topological polar surface area (TPSA) is 76.1 Å². The van der Waals surface area contributed by atoms with Crippen LogP contribution in [0.25, 0.3) is 11.3 Å². The van der Waals surface area contributed by atoms with Gasteiger partial charge in [-0.25, -0.2) is 9.97 Å². The van der Waals surface area contributed by atoms with Crippen molar-refractivity contribution in [1.29, 1.82) is 0 Å². The fourth-order valence-corrected chi connectivity index (χ4v) is 3.18. The fourth-order valence-electron chi connectivity index (χ4n) is 3.18. The van der Waals surface area contributed by atoms with E-state index in [4.69, 9.17) is 4.74 Å². The van der Waals surface area contributed by atoms with Crippen LogP contribution >= 0.6 is 0 Å². The number of carbonyl (C=O) groups is 1. The lowest BCUT2D eigenvalue weighted by Gasteiger charge is -2.11. The van der Waals surface area contributed by atoms with E-state index in [0.29, 0.717) is 28.6 Å². The first-order valence-corrected chi connectivity index (χ1v) is 9.84. The maximum Gasteiger partial charge on any atom is 0.255 e. The fraction of sp³-hybridized carbons (Fsp3) is 0.0800. The zero-order valence-electron chi connectivity index (χ0n) is 17.3. The van der Waals surface area contributed by atoms with E-state index in [-0.39, 0.29) is 5.91 Å². The summed E-state index contributed by atoms with van der Waals surface area (Å²) in [6.45, 7) is 1.86. The average Bonchev–Trinajstić information content (AvgIpc) is 2.79. The molecule has 1 amide bonds. The number of aryl methyl sites for hydroxylation is 1. The highest BCUT2D eigenvalue weighted by Crippen LogP contribution is 2.23. The van der Waals surface area contributed by atoms with Crippen molar-refractivity contribution in [3.05, 3.63) is 96.3 Å². The predicted octanol–water partition coefficient (Wildman–Crippen LogP) is 5.46. The Hall–Kier alpha value is -4.19. The first kappa shape index (κ1) is 20.1. The average molecular weight is 410 g/mol. The van der Waals surface area contributed by atoms with Gasteiger partial charge in [-0.2, -0.15) is 0 Å². The van der Waals surface area contributed by atoms with Gasteiger partial charge in [0, 0.05) is 34.6 Å². The van der Waals surface area contributed by atoms with Crippen LogP contribution in [0.1, 0.15) is 16.2 Å². The quantitative estimate of drug-likeness (QED) is 0.442. The number of rotatable bonds is 6. The second-order valence-corrected chi connectivity index (χ2v) is 6.94. The summed E-state index contributed by atoms with van der Waals surface area (Å²) in [4.78, 5) is 21.7. The van der Waals surface area contributed by atoms with Gasteiger partial charge in [-0.1, -0.05) is 42.5 Å². The summed E-state index contributed by atoms with van der Waals surface area (Å²) in [7, 11) is 1.59. The number of amides is 1. The molecule has 0 radical (unpaired) electrons. The maximum atomic E-state index is 12.7. The molecule has 3 aromatic carbocycles. The summed E-state index contributed by atoms with van der Waals surface area (Å²) in [5.74, 6) is 1.80. The summed E-state index contributed by atoms with van der Waals surface area (Å²) < 4.78 is 5.21. The lowest BCUT2D eigenvalue weighted by atomic mass is 10.1. The summed E-state index contributed by atoms with van der Waals surface area (Å²) in [6, 6.07) is 26.4. The molecule has 154 valence electrons. The van der Waals surface area contributed by atoms with Crippen molar-refractivity contribution in [2.24, 2.45) is 0 Å². The molecule has 0 aliphatic heterocycles. The summed E-state index contributed by atoms with van der Waals surface area (Å²) in [5, 5.41) is 6.17. The molecule has 6 heteroatoms. The van der Waals surface area contributed by atoms with Crippen molar-refractivity contribution in [3.8, 4) is 17.0 Å². The van der Waals surface area contributed by atoms with Gasteiger partial charge in [-0.15, -0.1) is 0 Å². The van der Waals surface area contributed by atoms with Crippen LogP contribution in [0.15, 0.2) is 84.9 Å². The largest absolute Gasteiger partial charge is 0.497 e. The first-order valence-electron chi connectivity index (χ1n) is 9.84. The minimum Gasteiger partial charge on any atom is -0.497 e. The Labute approximate surface area is 181 Å². The number of hydrogen-bond donors (Lipinski definition) is 2. The van der Waals surface area contributed by atoms with Crippen LogP contribution in [0.2, 0.25) is 0 Å². The Morgan fingerprint density at radius 1 is 0.839 bits per heavy atom. The van der Waals surface area contributed by atoms with Gasteiger partial charge in [0.15, 0.2) is 0 Å². The monoisotopic (exact) mass is 410 g/mol. The number of nitrogens with zero attached hydrogens (tertiary/aromatic N) is 2. The van der Waals surface area contributed by atoms with E-state index in [2.05, 4.69) is 20.6 Å². The summed E-state index contributed by atoms with van der Waals surface area (Å²) in [5.41, 5.74) is 3.81. The number of benzene rings is 3. The standard InChI is InChI=1S/C25H22N4O2/c1-17-26-23(18-8-4-3-5-9-18)16-24(27-17)28-20-11-6-10-19(14-20)25(30)29-21-12-7-13-22(15-21)31-2/h3-16H,1-2H3,(H,29,30)(H,26,27,28). The normalized spacial score (nSPS) is 10.4. The van der Waals surface area contributed by atoms with E-state index < -0.39 is 0 Å².